The molecular weight excluding hydrogens is 376 g/mol. The fourth-order valence-corrected chi connectivity index (χ4v) is 2.55. The standard InChI is InChI=1S/C17H13N5O.Rb/c18-16-12-8-11(6-7-13(12)21-22-16)15-9-14(19-17(23)20-15)10-4-2-1-3-5-10;/h1-9H,(H4,18,19,20,21,22,23);/q;+1/p-1. The van der Waals surface area contributed by atoms with Gasteiger partial charge in [-0.1, -0.05) is 36.4 Å². The Hall–Kier alpha value is -1.60. The van der Waals surface area contributed by atoms with Crippen molar-refractivity contribution < 1.29 is 58.2 Å². The van der Waals surface area contributed by atoms with Crippen molar-refractivity contribution in [3.05, 3.63) is 70.8 Å². The third-order valence-corrected chi connectivity index (χ3v) is 3.68. The van der Waals surface area contributed by atoms with Crippen LogP contribution in [0.5, 0.6) is 0 Å². The smallest absolute Gasteiger partial charge is 0.481 e. The van der Waals surface area contributed by atoms with E-state index >= 15 is 0 Å². The van der Waals surface area contributed by atoms with Gasteiger partial charge in [0, 0.05) is 10.9 Å². The molecule has 6 nitrogen and oxygen atoms in total. The average Bonchev–Trinajstić information content (AvgIpc) is 2.96. The minimum atomic E-state index is -0.403. The molecule has 7 heteroatoms. The number of hydrogen-bond donors (Lipinski definition) is 2. The van der Waals surface area contributed by atoms with E-state index in [4.69, 9.17) is 5.73 Å². The Morgan fingerprint density at radius 3 is 2.54 bits per heavy atom. The normalized spacial score (nSPS) is 10.5. The molecule has 2 heterocycles. The van der Waals surface area contributed by atoms with Crippen LogP contribution >= 0.6 is 0 Å². The van der Waals surface area contributed by atoms with Crippen LogP contribution in [-0.4, -0.2) is 20.2 Å². The maximum Gasteiger partial charge on any atom is 1.00 e. The Kier molecular flexibility index (Phi) is 5.10. The zero-order chi connectivity index (χ0) is 15.8. The van der Waals surface area contributed by atoms with Crippen LogP contribution in [0.25, 0.3) is 39.2 Å². The fraction of sp³-hybridized carbons (Fsp3) is 0. The number of nitrogens with one attached hydrogen (secondary N) is 3. The molecule has 4 rings (SSSR count). The fourth-order valence-electron chi connectivity index (χ4n) is 2.55. The molecule has 0 radical (unpaired) electrons. The van der Waals surface area contributed by atoms with Crippen LogP contribution in [0, 0.1) is 0 Å². The van der Waals surface area contributed by atoms with Crippen molar-refractivity contribution in [1.82, 2.24) is 20.2 Å². The number of hydrogen-bond acceptors (Lipinski definition) is 3. The van der Waals surface area contributed by atoms with Gasteiger partial charge in [0.15, 0.2) is 0 Å². The third-order valence-electron chi connectivity index (χ3n) is 3.68. The Labute approximate surface area is 186 Å². The Morgan fingerprint density at radius 1 is 0.958 bits per heavy atom. The van der Waals surface area contributed by atoms with E-state index < -0.39 is 5.69 Å². The van der Waals surface area contributed by atoms with Gasteiger partial charge in [0.1, 0.15) is 0 Å². The number of rotatable bonds is 2. The van der Waals surface area contributed by atoms with Gasteiger partial charge in [-0.15, -0.1) is 0 Å². The SMILES string of the molecule is [NH-]c1[nH]nc2ccc(-c3cc(-c4ccccc4)[nH]c(=O)n3)cc12.[Rb+]. The first kappa shape index (κ1) is 17.2. The molecule has 3 N–H and O–H groups in total. The largest absolute Gasteiger partial charge is 1.00 e. The second-order valence-electron chi connectivity index (χ2n) is 5.18. The Morgan fingerprint density at radius 2 is 1.75 bits per heavy atom. The number of fused-ring (bicyclic) bond motifs is 1. The number of H-pyrrole nitrogens is 2. The summed E-state index contributed by atoms with van der Waals surface area (Å²) in [4.78, 5) is 18.7. The van der Waals surface area contributed by atoms with Crippen molar-refractivity contribution >= 4 is 16.7 Å². The molecule has 2 aromatic carbocycles. The van der Waals surface area contributed by atoms with Crippen molar-refractivity contribution in [3.63, 3.8) is 0 Å². The molecule has 0 bridgehead atoms. The zero-order valence-corrected chi connectivity index (χ0v) is 17.9. The van der Waals surface area contributed by atoms with Gasteiger partial charge in [-0.25, -0.2) is 4.79 Å². The predicted octanol–water partition coefficient (Wildman–Crippen LogP) is 0.668. The van der Waals surface area contributed by atoms with E-state index in [-0.39, 0.29) is 64.0 Å². The molecule has 0 saturated carbocycles. The minimum absolute atomic E-state index is 0. The predicted molar refractivity (Wildman–Crippen MR) is 89.4 cm³/mol. The molecule has 0 aliphatic carbocycles. The van der Waals surface area contributed by atoms with Crippen molar-refractivity contribution in [2.45, 2.75) is 0 Å². The van der Waals surface area contributed by atoms with Gasteiger partial charge in [-0.3, -0.25) is 5.10 Å². The minimum Gasteiger partial charge on any atom is -0.481 e. The molecule has 0 fully saturated rings. The summed E-state index contributed by atoms with van der Waals surface area (Å²) in [6, 6.07) is 16.9. The first-order valence-corrected chi connectivity index (χ1v) is 7.07. The van der Waals surface area contributed by atoms with Crippen LogP contribution in [0.2, 0.25) is 0 Å². The summed E-state index contributed by atoms with van der Waals surface area (Å²) in [5, 5.41) is 7.37. The second kappa shape index (κ2) is 7.10. The van der Waals surface area contributed by atoms with Gasteiger partial charge >= 0.3 is 63.9 Å². The summed E-state index contributed by atoms with van der Waals surface area (Å²) >= 11 is 0. The van der Waals surface area contributed by atoms with Crippen LogP contribution in [0.4, 0.5) is 5.82 Å². The topological polar surface area (TPSA) is 98.2 Å². The molecule has 4 aromatic rings. The van der Waals surface area contributed by atoms with Crippen LogP contribution in [0.15, 0.2) is 59.4 Å². The maximum absolute atomic E-state index is 11.9. The second-order valence-corrected chi connectivity index (χ2v) is 5.18. The van der Waals surface area contributed by atoms with Crippen molar-refractivity contribution in [2.75, 3.05) is 0 Å². The van der Waals surface area contributed by atoms with Crippen LogP contribution in [0.3, 0.4) is 0 Å². The molecule has 0 amide bonds. The number of nitrogens with zero attached hydrogens (tertiary/aromatic N) is 2. The van der Waals surface area contributed by atoms with E-state index in [1.165, 1.54) is 0 Å². The van der Waals surface area contributed by atoms with Crippen LogP contribution < -0.4 is 63.9 Å². The van der Waals surface area contributed by atoms with Gasteiger partial charge in [0.25, 0.3) is 0 Å². The number of benzene rings is 2. The quantitative estimate of drug-likeness (QED) is 0.529. The molecule has 0 saturated heterocycles. The molecule has 112 valence electrons. The molecule has 0 aliphatic rings. The third kappa shape index (κ3) is 3.28. The summed E-state index contributed by atoms with van der Waals surface area (Å²) in [5.74, 6) is 0.245. The Bertz CT molecular complexity index is 1060. The van der Waals surface area contributed by atoms with Gasteiger partial charge < -0.3 is 15.8 Å². The number of aromatic amines is 2. The average molecular weight is 388 g/mol. The van der Waals surface area contributed by atoms with Crippen molar-refractivity contribution in [3.8, 4) is 22.5 Å². The van der Waals surface area contributed by atoms with Gasteiger partial charge in [-0.05, 0) is 29.6 Å². The molecular formula is C17H12N5ORb. The molecule has 0 spiro atoms. The summed E-state index contributed by atoms with van der Waals surface area (Å²) in [6.45, 7) is 0. The Balaban J connectivity index is 0.00000169. The molecule has 24 heavy (non-hydrogen) atoms. The molecule has 2 aromatic heterocycles. The summed E-state index contributed by atoms with van der Waals surface area (Å²) in [5.41, 5.74) is 11.1. The van der Waals surface area contributed by atoms with Crippen molar-refractivity contribution in [1.29, 1.82) is 0 Å². The van der Waals surface area contributed by atoms with E-state index in [2.05, 4.69) is 20.2 Å². The van der Waals surface area contributed by atoms with E-state index in [9.17, 15) is 4.79 Å². The van der Waals surface area contributed by atoms with Gasteiger partial charge in [0.05, 0.1) is 16.9 Å². The first-order valence-electron chi connectivity index (χ1n) is 7.07. The number of aromatic nitrogens is 4. The van der Waals surface area contributed by atoms with Gasteiger partial charge in [-0.2, -0.15) is 4.98 Å². The van der Waals surface area contributed by atoms with Gasteiger partial charge in [0.2, 0.25) is 0 Å². The molecule has 0 unspecified atom stereocenters. The van der Waals surface area contributed by atoms with Crippen molar-refractivity contribution in [2.24, 2.45) is 0 Å². The van der Waals surface area contributed by atoms with Crippen LogP contribution in [0.1, 0.15) is 0 Å². The first-order chi connectivity index (χ1) is 11.2. The zero-order valence-electron chi connectivity index (χ0n) is 13.0. The van der Waals surface area contributed by atoms with E-state index in [1.54, 1.807) is 0 Å². The summed E-state index contributed by atoms with van der Waals surface area (Å²) in [6.07, 6.45) is 0. The summed E-state index contributed by atoms with van der Waals surface area (Å²) in [7, 11) is 0. The monoisotopic (exact) mass is 387 g/mol. The molecule has 0 atom stereocenters. The maximum atomic E-state index is 11.9. The molecule has 0 aliphatic heterocycles. The van der Waals surface area contributed by atoms with E-state index in [0.29, 0.717) is 22.3 Å². The van der Waals surface area contributed by atoms with E-state index in [1.807, 2.05) is 54.6 Å². The van der Waals surface area contributed by atoms with Crippen LogP contribution in [-0.2, 0) is 0 Å². The van der Waals surface area contributed by atoms with E-state index in [0.717, 1.165) is 11.1 Å². The summed E-state index contributed by atoms with van der Waals surface area (Å²) < 4.78 is 0.